The lowest BCUT2D eigenvalue weighted by molar-refractivity contribution is 0.584. The van der Waals surface area contributed by atoms with Crippen molar-refractivity contribution in [3.05, 3.63) is 69.7 Å². The Morgan fingerprint density at radius 1 is 1.00 bits per heavy atom. The van der Waals surface area contributed by atoms with Gasteiger partial charge >= 0.3 is 0 Å². The van der Waals surface area contributed by atoms with Gasteiger partial charge in [-0.1, -0.05) is 65.7 Å². The van der Waals surface area contributed by atoms with Crippen molar-refractivity contribution < 1.29 is 0 Å². The standard InChI is InChI=1S/C17H19Cl2N/c1-20-12-15(13-6-3-2-4-7-13)11-10-14-8-5-9-16(18)17(14)19/h2-9,15,20H,10-12H2,1H3. The number of nitrogens with one attached hydrogen (secondary N) is 1. The fraction of sp³-hybridized carbons (Fsp3) is 0.294. The number of benzene rings is 2. The van der Waals surface area contributed by atoms with Crippen LogP contribution in [0, 0.1) is 0 Å². The minimum Gasteiger partial charge on any atom is -0.319 e. The highest BCUT2D eigenvalue weighted by Crippen LogP contribution is 2.28. The molecular formula is C17H19Cl2N. The van der Waals surface area contributed by atoms with Gasteiger partial charge < -0.3 is 5.32 Å². The van der Waals surface area contributed by atoms with Crippen LogP contribution < -0.4 is 5.32 Å². The minimum atomic E-state index is 0.483. The third kappa shape index (κ3) is 3.99. The third-order valence-corrected chi connectivity index (χ3v) is 4.37. The lowest BCUT2D eigenvalue weighted by Crippen LogP contribution is -2.18. The predicted octanol–water partition coefficient (Wildman–Crippen LogP) is 4.93. The van der Waals surface area contributed by atoms with Gasteiger partial charge in [-0.05, 0) is 43.0 Å². The van der Waals surface area contributed by atoms with E-state index in [4.69, 9.17) is 23.2 Å². The first-order valence-electron chi connectivity index (χ1n) is 6.84. The van der Waals surface area contributed by atoms with Crippen molar-refractivity contribution in [2.45, 2.75) is 18.8 Å². The molecule has 0 spiro atoms. The van der Waals surface area contributed by atoms with Crippen molar-refractivity contribution in [2.75, 3.05) is 13.6 Å². The van der Waals surface area contributed by atoms with Crippen LogP contribution in [0.5, 0.6) is 0 Å². The van der Waals surface area contributed by atoms with E-state index in [9.17, 15) is 0 Å². The highest BCUT2D eigenvalue weighted by Gasteiger charge is 2.12. The minimum absolute atomic E-state index is 0.483. The summed E-state index contributed by atoms with van der Waals surface area (Å²) < 4.78 is 0. The van der Waals surface area contributed by atoms with Gasteiger partial charge in [0.15, 0.2) is 0 Å². The second-order valence-electron chi connectivity index (χ2n) is 4.92. The third-order valence-electron chi connectivity index (χ3n) is 3.52. The van der Waals surface area contributed by atoms with E-state index in [-0.39, 0.29) is 0 Å². The number of aryl methyl sites for hydroxylation is 1. The molecule has 0 aliphatic heterocycles. The second-order valence-corrected chi connectivity index (χ2v) is 5.70. The molecule has 0 saturated heterocycles. The van der Waals surface area contributed by atoms with Crippen LogP contribution in [-0.2, 0) is 6.42 Å². The van der Waals surface area contributed by atoms with Crippen molar-refractivity contribution >= 4 is 23.2 Å². The molecule has 2 aromatic carbocycles. The molecule has 1 N–H and O–H groups in total. The van der Waals surface area contributed by atoms with Gasteiger partial charge in [0.05, 0.1) is 10.0 Å². The fourth-order valence-electron chi connectivity index (χ4n) is 2.43. The SMILES string of the molecule is CNCC(CCc1cccc(Cl)c1Cl)c1ccccc1. The molecule has 1 atom stereocenters. The highest BCUT2D eigenvalue weighted by molar-refractivity contribution is 6.42. The van der Waals surface area contributed by atoms with Gasteiger partial charge in [-0.15, -0.1) is 0 Å². The summed E-state index contributed by atoms with van der Waals surface area (Å²) in [5, 5.41) is 4.59. The van der Waals surface area contributed by atoms with Gasteiger partial charge in [-0.2, -0.15) is 0 Å². The van der Waals surface area contributed by atoms with Gasteiger partial charge in [0.1, 0.15) is 0 Å². The fourth-order valence-corrected chi connectivity index (χ4v) is 2.84. The molecule has 0 saturated carbocycles. The van der Waals surface area contributed by atoms with Crippen LogP contribution in [0.25, 0.3) is 0 Å². The summed E-state index contributed by atoms with van der Waals surface area (Å²) in [6.45, 7) is 0.961. The topological polar surface area (TPSA) is 12.0 Å². The van der Waals surface area contributed by atoms with E-state index in [1.807, 2.05) is 25.2 Å². The number of halogens is 2. The first kappa shape index (κ1) is 15.4. The normalized spacial score (nSPS) is 12.3. The average molecular weight is 308 g/mol. The maximum atomic E-state index is 6.25. The quantitative estimate of drug-likeness (QED) is 0.798. The Bertz CT molecular complexity index is 540. The lowest BCUT2D eigenvalue weighted by Gasteiger charge is -2.17. The van der Waals surface area contributed by atoms with Crippen LogP contribution in [0.1, 0.15) is 23.5 Å². The molecule has 3 heteroatoms. The van der Waals surface area contributed by atoms with Crippen LogP contribution in [0.4, 0.5) is 0 Å². The summed E-state index contributed by atoms with van der Waals surface area (Å²) in [6, 6.07) is 16.4. The first-order chi connectivity index (χ1) is 9.72. The largest absolute Gasteiger partial charge is 0.319 e. The molecule has 0 bridgehead atoms. The zero-order valence-corrected chi connectivity index (χ0v) is 13.1. The van der Waals surface area contributed by atoms with E-state index in [0.29, 0.717) is 16.0 Å². The summed E-state index contributed by atoms with van der Waals surface area (Å²) in [5.74, 6) is 0.483. The van der Waals surface area contributed by atoms with Gasteiger partial charge in [-0.25, -0.2) is 0 Å². The molecule has 0 heterocycles. The van der Waals surface area contributed by atoms with Crippen molar-refractivity contribution in [1.82, 2.24) is 5.32 Å². The van der Waals surface area contributed by atoms with Crippen molar-refractivity contribution in [3.63, 3.8) is 0 Å². The monoisotopic (exact) mass is 307 g/mol. The Morgan fingerprint density at radius 3 is 2.45 bits per heavy atom. The molecular weight excluding hydrogens is 289 g/mol. The molecule has 0 fully saturated rings. The van der Waals surface area contributed by atoms with E-state index in [0.717, 1.165) is 24.9 Å². The summed E-state index contributed by atoms with van der Waals surface area (Å²) in [6.07, 6.45) is 1.98. The lowest BCUT2D eigenvalue weighted by atomic mass is 9.92. The number of hydrogen-bond acceptors (Lipinski definition) is 1. The molecule has 0 radical (unpaired) electrons. The summed E-state index contributed by atoms with van der Waals surface area (Å²) in [7, 11) is 1.99. The van der Waals surface area contributed by atoms with Crippen molar-refractivity contribution in [3.8, 4) is 0 Å². The molecule has 1 nitrogen and oxygen atoms in total. The number of likely N-dealkylation sites (N-methyl/N-ethyl adjacent to an activating group) is 1. The number of rotatable bonds is 6. The molecule has 20 heavy (non-hydrogen) atoms. The van der Waals surface area contributed by atoms with Gasteiger partial charge in [0, 0.05) is 6.54 Å². The number of hydrogen-bond donors (Lipinski definition) is 1. The van der Waals surface area contributed by atoms with E-state index in [1.165, 1.54) is 5.56 Å². The van der Waals surface area contributed by atoms with E-state index in [2.05, 4.69) is 35.6 Å². The molecule has 0 aliphatic carbocycles. The zero-order chi connectivity index (χ0) is 14.4. The Balaban J connectivity index is 2.08. The van der Waals surface area contributed by atoms with Crippen molar-refractivity contribution in [2.24, 2.45) is 0 Å². The Labute approximate surface area is 130 Å². The highest BCUT2D eigenvalue weighted by atomic mass is 35.5. The van der Waals surface area contributed by atoms with Crippen LogP contribution in [0.2, 0.25) is 10.0 Å². The summed E-state index contributed by atoms with van der Waals surface area (Å²) in [4.78, 5) is 0. The molecule has 0 amide bonds. The Morgan fingerprint density at radius 2 is 1.75 bits per heavy atom. The Kier molecular flexibility index (Phi) is 5.90. The summed E-state index contributed by atoms with van der Waals surface area (Å²) in [5.41, 5.74) is 2.48. The van der Waals surface area contributed by atoms with Crippen LogP contribution in [0.15, 0.2) is 48.5 Å². The van der Waals surface area contributed by atoms with Gasteiger partial charge in [-0.3, -0.25) is 0 Å². The first-order valence-corrected chi connectivity index (χ1v) is 7.60. The zero-order valence-electron chi connectivity index (χ0n) is 11.6. The molecule has 1 unspecified atom stereocenters. The van der Waals surface area contributed by atoms with Gasteiger partial charge in [0.2, 0.25) is 0 Å². The Hall–Kier alpha value is -1.02. The second kappa shape index (κ2) is 7.68. The van der Waals surface area contributed by atoms with Gasteiger partial charge in [0.25, 0.3) is 0 Å². The predicted molar refractivity (Wildman–Crippen MR) is 87.9 cm³/mol. The maximum Gasteiger partial charge on any atom is 0.0624 e. The molecule has 0 aliphatic rings. The average Bonchev–Trinajstić information content (AvgIpc) is 2.48. The van der Waals surface area contributed by atoms with E-state index in [1.54, 1.807) is 0 Å². The van der Waals surface area contributed by atoms with Crippen molar-refractivity contribution in [1.29, 1.82) is 0 Å². The maximum absolute atomic E-state index is 6.25. The molecule has 106 valence electrons. The molecule has 2 aromatic rings. The van der Waals surface area contributed by atoms with E-state index < -0.39 is 0 Å². The summed E-state index contributed by atoms with van der Waals surface area (Å²) >= 11 is 12.3. The van der Waals surface area contributed by atoms with E-state index >= 15 is 0 Å². The smallest absolute Gasteiger partial charge is 0.0624 e. The molecule has 2 rings (SSSR count). The van der Waals surface area contributed by atoms with Crippen LogP contribution >= 0.6 is 23.2 Å². The van der Waals surface area contributed by atoms with Crippen LogP contribution in [0.3, 0.4) is 0 Å². The van der Waals surface area contributed by atoms with Crippen LogP contribution in [-0.4, -0.2) is 13.6 Å². The molecule has 0 aromatic heterocycles.